The molecule has 0 saturated heterocycles. The van der Waals surface area contributed by atoms with Crippen LogP contribution in [0, 0.1) is 6.92 Å². The van der Waals surface area contributed by atoms with E-state index in [1.54, 1.807) is 6.21 Å². The summed E-state index contributed by atoms with van der Waals surface area (Å²) in [6.07, 6.45) is 1.67. The molecule has 0 radical (unpaired) electrons. The molecule has 1 N–H and O–H groups in total. The van der Waals surface area contributed by atoms with E-state index in [1.165, 1.54) is 22.9 Å². The van der Waals surface area contributed by atoms with Crippen LogP contribution < -0.4 is 5.43 Å². The van der Waals surface area contributed by atoms with E-state index in [9.17, 15) is 4.79 Å². The lowest BCUT2D eigenvalue weighted by Crippen LogP contribution is -2.19. The second-order valence-electron chi connectivity index (χ2n) is 5.72. The smallest absolute Gasteiger partial charge is 0.250 e. The summed E-state index contributed by atoms with van der Waals surface area (Å²) in [6, 6.07) is 16.3. The van der Waals surface area contributed by atoms with Crippen LogP contribution in [0.5, 0.6) is 0 Å². The number of aryl methyl sites for hydroxylation is 1. The molecule has 0 aromatic heterocycles. The molecule has 0 fully saturated rings. The number of benzene rings is 2. The summed E-state index contributed by atoms with van der Waals surface area (Å²) in [7, 11) is 0. The Morgan fingerprint density at radius 3 is 2.39 bits per heavy atom. The number of thioether (sulfide) groups is 1. The van der Waals surface area contributed by atoms with Crippen LogP contribution in [-0.4, -0.2) is 17.9 Å². The molecule has 0 unspecified atom stereocenters. The summed E-state index contributed by atoms with van der Waals surface area (Å²) >= 11 is 1.50. The summed E-state index contributed by atoms with van der Waals surface area (Å²) in [5.41, 5.74) is 6.04. The molecule has 0 atom stereocenters. The second kappa shape index (κ2) is 8.53. The van der Waals surface area contributed by atoms with Gasteiger partial charge in [0, 0.05) is 4.90 Å². The fourth-order valence-corrected chi connectivity index (χ4v) is 2.65. The van der Waals surface area contributed by atoms with E-state index >= 15 is 0 Å². The minimum absolute atomic E-state index is 0.106. The third kappa shape index (κ3) is 5.91. The van der Waals surface area contributed by atoms with Gasteiger partial charge in [-0.05, 0) is 36.1 Å². The normalized spacial score (nSPS) is 11.1. The van der Waals surface area contributed by atoms with Crippen LogP contribution in [0.2, 0.25) is 0 Å². The van der Waals surface area contributed by atoms with E-state index in [-0.39, 0.29) is 5.91 Å². The van der Waals surface area contributed by atoms with E-state index in [0.717, 1.165) is 10.5 Å². The number of carbonyl (C=O) groups is 1. The predicted octanol–water partition coefficient (Wildman–Crippen LogP) is 4.36. The fourth-order valence-electron chi connectivity index (χ4n) is 1.96. The number of nitrogens with zero attached hydrogens (tertiary/aromatic N) is 1. The molecule has 2 rings (SSSR count). The standard InChI is InChI=1S/C19H22N2OS/c1-14(2)17-8-6-16(7-9-17)12-20-21-19(22)13-23-18-10-4-15(3)5-11-18/h4-12,14H,13H2,1-3H3,(H,21,22)/b20-12+. The third-order valence-electron chi connectivity index (χ3n) is 3.40. The minimum atomic E-state index is -0.106. The molecule has 120 valence electrons. The Hall–Kier alpha value is -2.07. The van der Waals surface area contributed by atoms with Gasteiger partial charge in [0.2, 0.25) is 5.91 Å². The van der Waals surface area contributed by atoms with Gasteiger partial charge in [-0.15, -0.1) is 11.8 Å². The molecular weight excluding hydrogens is 304 g/mol. The summed E-state index contributed by atoms with van der Waals surface area (Å²) in [5.74, 6) is 0.761. The number of rotatable bonds is 6. The van der Waals surface area contributed by atoms with Gasteiger partial charge in [0.25, 0.3) is 0 Å². The van der Waals surface area contributed by atoms with Gasteiger partial charge >= 0.3 is 0 Å². The van der Waals surface area contributed by atoms with Crippen LogP contribution in [0.15, 0.2) is 58.5 Å². The number of carbonyl (C=O) groups excluding carboxylic acids is 1. The summed E-state index contributed by atoms with van der Waals surface area (Å²) < 4.78 is 0. The van der Waals surface area contributed by atoms with E-state index in [4.69, 9.17) is 0 Å². The van der Waals surface area contributed by atoms with Crippen LogP contribution in [0.3, 0.4) is 0 Å². The van der Waals surface area contributed by atoms with Crippen molar-refractivity contribution >= 4 is 23.9 Å². The van der Waals surface area contributed by atoms with Gasteiger partial charge in [-0.25, -0.2) is 5.43 Å². The molecular formula is C19H22N2OS. The van der Waals surface area contributed by atoms with Crippen LogP contribution >= 0.6 is 11.8 Å². The van der Waals surface area contributed by atoms with Crippen LogP contribution in [-0.2, 0) is 4.79 Å². The average Bonchev–Trinajstić information content (AvgIpc) is 2.55. The molecule has 4 heteroatoms. The molecule has 1 amide bonds. The maximum absolute atomic E-state index is 11.8. The van der Waals surface area contributed by atoms with E-state index in [1.807, 2.05) is 43.3 Å². The van der Waals surface area contributed by atoms with Crippen molar-refractivity contribution < 1.29 is 4.79 Å². The molecule has 3 nitrogen and oxygen atoms in total. The zero-order valence-electron chi connectivity index (χ0n) is 13.7. The topological polar surface area (TPSA) is 41.5 Å². The molecule has 2 aromatic rings. The van der Waals surface area contributed by atoms with E-state index in [2.05, 4.69) is 36.5 Å². The molecule has 2 aromatic carbocycles. The van der Waals surface area contributed by atoms with Gasteiger partial charge < -0.3 is 0 Å². The van der Waals surface area contributed by atoms with Crippen molar-refractivity contribution in [1.29, 1.82) is 0 Å². The van der Waals surface area contributed by atoms with Crippen molar-refractivity contribution in [2.75, 3.05) is 5.75 Å². The highest BCUT2D eigenvalue weighted by atomic mass is 32.2. The fraction of sp³-hybridized carbons (Fsp3) is 0.263. The van der Waals surface area contributed by atoms with Crippen LogP contribution in [0.25, 0.3) is 0 Å². The first-order chi connectivity index (χ1) is 11.0. The number of hydrazone groups is 1. The van der Waals surface area contributed by atoms with Gasteiger partial charge in [-0.2, -0.15) is 5.10 Å². The lowest BCUT2D eigenvalue weighted by atomic mass is 10.0. The molecule has 0 saturated carbocycles. The molecule has 0 heterocycles. The zero-order valence-corrected chi connectivity index (χ0v) is 14.6. The lowest BCUT2D eigenvalue weighted by Gasteiger charge is -2.04. The minimum Gasteiger partial charge on any atom is -0.272 e. The van der Waals surface area contributed by atoms with Gasteiger partial charge in [-0.1, -0.05) is 55.8 Å². The Bertz CT molecular complexity index is 661. The average molecular weight is 326 g/mol. The monoisotopic (exact) mass is 326 g/mol. The molecule has 0 aliphatic rings. The Kier molecular flexibility index (Phi) is 6.41. The molecule has 0 aliphatic heterocycles. The highest BCUT2D eigenvalue weighted by molar-refractivity contribution is 8.00. The van der Waals surface area contributed by atoms with Gasteiger partial charge in [-0.3, -0.25) is 4.79 Å². The Labute approximate surface area is 142 Å². The maximum Gasteiger partial charge on any atom is 0.250 e. The first-order valence-corrected chi connectivity index (χ1v) is 8.64. The van der Waals surface area contributed by atoms with Crippen molar-refractivity contribution in [3.05, 3.63) is 65.2 Å². The highest BCUT2D eigenvalue weighted by Crippen LogP contribution is 2.17. The number of hydrogen-bond acceptors (Lipinski definition) is 3. The van der Waals surface area contributed by atoms with Crippen molar-refractivity contribution in [3.63, 3.8) is 0 Å². The third-order valence-corrected chi connectivity index (χ3v) is 4.41. The number of amides is 1. The molecule has 23 heavy (non-hydrogen) atoms. The second-order valence-corrected chi connectivity index (χ2v) is 6.77. The van der Waals surface area contributed by atoms with Gasteiger partial charge in [0.1, 0.15) is 0 Å². The van der Waals surface area contributed by atoms with Crippen LogP contribution in [0.1, 0.15) is 36.5 Å². The SMILES string of the molecule is Cc1ccc(SCC(=O)N/N=C/c2ccc(C(C)C)cc2)cc1. The molecule has 0 bridgehead atoms. The van der Waals surface area contributed by atoms with Crippen molar-refractivity contribution in [2.24, 2.45) is 5.10 Å². The summed E-state index contributed by atoms with van der Waals surface area (Å²) in [5, 5.41) is 4.00. The quantitative estimate of drug-likeness (QED) is 0.487. The van der Waals surface area contributed by atoms with Crippen molar-refractivity contribution in [2.45, 2.75) is 31.6 Å². The lowest BCUT2D eigenvalue weighted by molar-refractivity contribution is -0.118. The Morgan fingerprint density at radius 1 is 1.13 bits per heavy atom. The van der Waals surface area contributed by atoms with Crippen molar-refractivity contribution in [3.8, 4) is 0 Å². The largest absolute Gasteiger partial charge is 0.272 e. The number of nitrogens with one attached hydrogen (secondary N) is 1. The molecule has 0 spiro atoms. The predicted molar refractivity (Wildman–Crippen MR) is 98.2 cm³/mol. The van der Waals surface area contributed by atoms with Crippen LogP contribution in [0.4, 0.5) is 0 Å². The van der Waals surface area contributed by atoms with Gasteiger partial charge in [0.15, 0.2) is 0 Å². The van der Waals surface area contributed by atoms with Crippen molar-refractivity contribution in [1.82, 2.24) is 5.43 Å². The maximum atomic E-state index is 11.8. The Morgan fingerprint density at radius 2 is 1.78 bits per heavy atom. The first kappa shape index (κ1) is 17.3. The number of hydrogen-bond donors (Lipinski definition) is 1. The highest BCUT2D eigenvalue weighted by Gasteiger charge is 2.01. The Balaban J connectivity index is 1.78. The van der Waals surface area contributed by atoms with E-state index in [0.29, 0.717) is 11.7 Å². The van der Waals surface area contributed by atoms with E-state index < -0.39 is 0 Å². The summed E-state index contributed by atoms with van der Waals surface area (Å²) in [4.78, 5) is 12.9. The van der Waals surface area contributed by atoms with Gasteiger partial charge in [0.05, 0.1) is 12.0 Å². The molecule has 0 aliphatic carbocycles. The first-order valence-electron chi connectivity index (χ1n) is 7.66. The summed E-state index contributed by atoms with van der Waals surface area (Å²) in [6.45, 7) is 6.37. The zero-order chi connectivity index (χ0) is 16.7.